The minimum absolute atomic E-state index is 0.106. The van der Waals surface area contributed by atoms with Gasteiger partial charge in [0.2, 0.25) is 5.91 Å². The molecule has 5 rings (SSSR count). The predicted molar refractivity (Wildman–Crippen MR) is 95.5 cm³/mol. The number of aromatic amines is 1. The Morgan fingerprint density at radius 1 is 1.23 bits per heavy atom. The second-order valence-electron chi connectivity index (χ2n) is 7.10. The van der Waals surface area contributed by atoms with E-state index in [1.54, 1.807) is 4.68 Å². The number of ether oxygens (including phenoxy) is 1. The Morgan fingerprint density at radius 3 is 2.96 bits per heavy atom. The van der Waals surface area contributed by atoms with Crippen molar-refractivity contribution < 1.29 is 9.53 Å². The number of aromatic nitrogens is 4. The summed E-state index contributed by atoms with van der Waals surface area (Å²) in [6.07, 6.45) is 6.22. The topological polar surface area (TPSA) is 76.0 Å². The van der Waals surface area contributed by atoms with Crippen LogP contribution in [0.3, 0.4) is 0 Å². The molecule has 3 aromatic rings. The Hall–Kier alpha value is -2.67. The fourth-order valence-corrected chi connectivity index (χ4v) is 4.22. The lowest BCUT2D eigenvalue weighted by atomic mass is 9.84. The van der Waals surface area contributed by atoms with Crippen molar-refractivity contribution in [2.45, 2.75) is 31.4 Å². The van der Waals surface area contributed by atoms with Gasteiger partial charge in [0.1, 0.15) is 12.1 Å². The van der Waals surface area contributed by atoms with E-state index >= 15 is 0 Å². The SMILES string of the molecule is O=C(Cn1ncc2ccccc21)N1CCC2(CC1)OCCc1cn[nH]c12. The Morgan fingerprint density at radius 2 is 2.08 bits per heavy atom. The van der Waals surface area contributed by atoms with Crippen LogP contribution in [0, 0.1) is 0 Å². The molecule has 1 aromatic carbocycles. The van der Waals surface area contributed by atoms with Gasteiger partial charge in [0, 0.05) is 18.5 Å². The van der Waals surface area contributed by atoms with Crippen LogP contribution in [0.25, 0.3) is 10.9 Å². The molecule has 2 aromatic heterocycles. The number of hydrogen-bond acceptors (Lipinski definition) is 4. The standard InChI is InChI=1S/C19H21N5O2/c25-17(13-24-16-4-2-1-3-14(16)12-21-24)23-8-6-19(7-9-23)18-15(5-10-26-19)11-20-22-18/h1-4,11-12H,5-10,13H2,(H,20,22). The van der Waals surface area contributed by atoms with E-state index in [1.807, 2.05) is 41.6 Å². The van der Waals surface area contributed by atoms with E-state index in [0.717, 1.165) is 42.5 Å². The molecule has 1 fully saturated rings. The van der Waals surface area contributed by atoms with E-state index in [1.165, 1.54) is 5.56 Å². The molecule has 0 saturated carbocycles. The minimum Gasteiger partial charge on any atom is -0.368 e. The molecule has 0 atom stereocenters. The molecule has 7 nitrogen and oxygen atoms in total. The number of rotatable bonds is 2. The van der Waals surface area contributed by atoms with Gasteiger partial charge >= 0.3 is 0 Å². The third kappa shape index (κ3) is 2.42. The molecule has 0 bridgehead atoms. The van der Waals surface area contributed by atoms with Crippen LogP contribution in [0.15, 0.2) is 36.7 Å². The average Bonchev–Trinajstić information content (AvgIpc) is 3.31. The first kappa shape index (κ1) is 15.6. The van der Waals surface area contributed by atoms with E-state index in [2.05, 4.69) is 15.3 Å². The number of nitrogens with one attached hydrogen (secondary N) is 1. The average molecular weight is 351 g/mol. The number of amides is 1. The molecule has 0 aliphatic carbocycles. The van der Waals surface area contributed by atoms with Crippen molar-refractivity contribution in [2.24, 2.45) is 0 Å². The molecule has 1 spiro atoms. The summed E-state index contributed by atoms with van der Waals surface area (Å²) in [6.45, 7) is 2.38. The number of hydrogen-bond donors (Lipinski definition) is 1. The summed E-state index contributed by atoms with van der Waals surface area (Å²) in [5, 5.41) is 12.7. The molecule has 1 N–H and O–H groups in total. The van der Waals surface area contributed by atoms with Gasteiger partial charge in [-0.25, -0.2) is 0 Å². The molecular weight excluding hydrogens is 330 g/mol. The molecule has 26 heavy (non-hydrogen) atoms. The Kier molecular flexibility index (Phi) is 3.56. The molecule has 2 aliphatic rings. The van der Waals surface area contributed by atoms with Crippen molar-refractivity contribution in [1.29, 1.82) is 0 Å². The molecule has 2 aliphatic heterocycles. The van der Waals surface area contributed by atoms with E-state index in [4.69, 9.17) is 4.74 Å². The van der Waals surface area contributed by atoms with E-state index in [0.29, 0.717) is 13.1 Å². The molecular formula is C19H21N5O2. The van der Waals surface area contributed by atoms with Gasteiger partial charge in [0.15, 0.2) is 0 Å². The predicted octanol–water partition coefficient (Wildman–Crippen LogP) is 1.85. The van der Waals surface area contributed by atoms with Crippen molar-refractivity contribution >= 4 is 16.8 Å². The summed E-state index contributed by atoms with van der Waals surface area (Å²) in [4.78, 5) is 14.7. The first-order chi connectivity index (χ1) is 12.8. The van der Waals surface area contributed by atoms with Gasteiger partial charge in [-0.05, 0) is 30.9 Å². The lowest BCUT2D eigenvalue weighted by Crippen LogP contribution is -2.49. The lowest BCUT2D eigenvalue weighted by molar-refractivity contribution is -0.141. The number of para-hydroxylation sites is 1. The zero-order valence-corrected chi connectivity index (χ0v) is 14.5. The van der Waals surface area contributed by atoms with Crippen LogP contribution in [-0.4, -0.2) is 50.5 Å². The van der Waals surface area contributed by atoms with Crippen LogP contribution < -0.4 is 0 Å². The maximum Gasteiger partial charge on any atom is 0.244 e. The van der Waals surface area contributed by atoms with Gasteiger partial charge in [-0.1, -0.05) is 18.2 Å². The van der Waals surface area contributed by atoms with Gasteiger partial charge in [-0.3, -0.25) is 14.6 Å². The molecule has 1 saturated heterocycles. The summed E-state index contributed by atoms with van der Waals surface area (Å²) >= 11 is 0. The van der Waals surface area contributed by atoms with Crippen molar-refractivity contribution in [2.75, 3.05) is 19.7 Å². The number of benzene rings is 1. The lowest BCUT2D eigenvalue weighted by Gasteiger charge is -2.43. The van der Waals surface area contributed by atoms with E-state index < -0.39 is 0 Å². The summed E-state index contributed by atoms with van der Waals surface area (Å²) in [6, 6.07) is 7.96. The quantitative estimate of drug-likeness (QED) is 0.764. The highest BCUT2D eigenvalue weighted by Crippen LogP contribution is 2.40. The van der Waals surface area contributed by atoms with Crippen molar-refractivity contribution in [3.05, 3.63) is 47.9 Å². The smallest absolute Gasteiger partial charge is 0.244 e. The highest BCUT2D eigenvalue weighted by Gasteiger charge is 2.43. The van der Waals surface area contributed by atoms with Gasteiger partial charge in [-0.2, -0.15) is 10.2 Å². The highest BCUT2D eigenvalue weighted by atomic mass is 16.5. The monoisotopic (exact) mass is 351 g/mol. The maximum atomic E-state index is 12.8. The number of H-pyrrole nitrogens is 1. The van der Waals surface area contributed by atoms with Crippen LogP contribution in [0.5, 0.6) is 0 Å². The zero-order chi connectivity index (χ0) is 17.6. The van der Waals surface area contributed by atoms with Gasteiger partial charge in [-0.15, -0.1) is 0 Å². The number of fused-ring (bicyclic) bond motifs is 3. The number of piperidine rings is 1. The van der Waals surface area contributed by atoms with E-state index in [9.17, 15) is 4.79 Å². The molecule has 0 radical (unpaired) electrons. The van der Waals surface area contributed by atoms with E-state index in [-0.39, 0.29) is 18.1 Å². The van der Waals surface area contributed by atoms with Gasteiger partial charge < -0.3 is 9.64 Å². The molecule has 4 heterocycles. The fourth-order valence-electron chi connectivity index (χ4n) is 4.22. The van der Waals surface area contributed by atoms with Crippen molar-refractivity contribution in [3.63, 3.8) is 0 Å². The number of carbonyl (C=O) groups is 1. The summed E-state index contributed by atoms with van der Waals surface area (Å²) in [7, 11) is 0. The Labute approximate surface area is 150 Å². The van der Waals surface area contributed by atoms with Crippen LogP contribution >= 0.6 is 0 Å². The minimum atomic E-state index is -0.306. The highest BCUT2D eigenvalue weighted by molar-refractivity contribution is 5.82. The first-order valence-corrected chi connectivity index (χ1v) is 9.10. The van der Waals surface area contributed by atoms with Crippen LogP contribution in [0.4, 0.5) is 0 Å². The number of likely N-dealkylation sites (tertiary alicyclic amines) is 1. The fraction of sp³-hybridized carbons (Fsp3) is 0.421. The third-order valence-electron chi connectivity index (χ3n) is 5.68. The number of carbonyl (C=O) groups excluding carboxylic acids is 1. The Bertz CT molecular complexity index is 952. The van der Waals surface area contributed by atoms with Gasteiger partial charge in [0.05, 0.1) is 30.2 Å². The Balaban J connectivity index is 1.30. The van der Waals surface area contributed by atoms with Crippen molar-refractivity contribution in [3.8, 4) is 0 Å². The summed E-state index contributed by atoms with van der Waals surface area (Å²) in [5.74, 6) is 0.106. The van der Waals surface area contributed by atoms with Crippen LogP contribution in [0.2, 0.25) is 0 Å². The maximum absolute atomic E-state index is 12.8. The first-order valence-electron chi connectivity index (χ1n) is 9.10. The number of nitrogens with zero attached hydrogens (tertiary/aromatic N) is 4. The molecule has 1 amide bonds. The zero-order valence-electron chi connectivity index (χ0n) is 14.5. The summed E-state index contributed by atoms with van der Waals surface area (Å²) in [5.41, 5.74) is 3.04. The second-order valence-corrected chi connectivity index (χ2v) is 7.10. The van der Waals surface area contributed by atoms with Crippen molar-refractivity contribution in [1.82, 2.24) is 24.9 Å². The van der Waals surface area contributed by atoms with Crippen LogP contribution in [0.1, 0.15) is 24.1 Å². The molecule has 0 unspecified atom stereocenters. The van der Waals surface area contributed by atoms with Gasteiger partial charge in [0.25, 0.3) is 0 Å². The largest absolute Gasteiger partial charge is 0.368 e. The molecule has 134 valence electrons. The second kappa shape index (κ2) is 5.95. The third-order valence-corrected chi connectivity index (χ3v) is 5.68. The normalized spacial score (nSPS) is 19.0. The van der Waals surface area contributed by atoms with Crippen LogP contribution in [-0.2, 0) is 28.1 Å². The summed E-state index contributed by atoms with van der Waals surface area (Å²) < 4.78 is 7.94. The molecule has 7 heteroatoms.